The van der Waals surface area contributed by atoms with Gasteiger partial charge in [0.2, 0.25) is 5.91 Å². The normalized spacial score (nSPS) is 12.8. The number of aliphatic hydroxyl groups is 1. The third-order valence-electron chi connectivity index (χ3n) is 4.18. The van der Waals surface area contributed by atoms with Crippen LogP contribution in [0, 0.1) is 0 Å². The van der Waals surface area contributed by atoms with E-state index in [0.717, 1.165) is 36.1 Å². The van der Waals surface area contributed by atoms with E-state index in [0.29, 0.717) is 0 Å². The smallest absolute Gasteiger partial charge is 0.247 e. The Kier molecular flexibility index (Phi) is 4.07. The minimum Gasteiger partial charge on any atom is -0.392 e. The number of rotatable bonds is 4. The average Bonchev–Trinajstić information content (AvgIpc) is 3.05. The van der Waals surface area contributed by atoms with Gasteiger partial charge in [0.25, 0.3) is 0 Å². The van der Waals surface area contributed by atoms with Gasteiger partial charge in [-0.15, -0.1) is 0 Å². The van der Waals surface area contributed by atoms with Crippen molar-refractivity contribution in [1.82, 2.24) is 0 Å². The molecular weight excluding hydrogens is 274 g/mol. The van der Waals surface area contributed by atoms with Crippen LogP contribution >= 0.6 is 0 Å². The summed E-state index contributed by atoms with van der Waals surface area (Å²) in [4.78, 5) is 11.6. The van der Waals surface area contributed by atoms with Crippen LogP contribution in [-0.2, 0) is 24.2 Å². The molecule has 1 amide bonds. The average molecular weight is 293 g/mol. The molecule has 3 heteroatoms. The molecule has 2 N–H and O–H groups in total. The lowest BCUT2D eigenvalue weighted by molar-refractivity contribution is -0.111. The van der Waals surface area contributed by atoms with Gasteiger partial charge >= 0.3 is 0 Å². The van der Waals surface area contributed by atoms with Gasteiger partial charge in [0.15, 0.2) is 0 Å². The fraction of sp³-hybridized carbons (Fsp3) is 0.211. The number of anilines is 1. The molecular formula is C19H19NO2. The molecule has 0 unspecified atom stereocenters. The fourth-order valence-corrected chi connectivity index (χ4v) is 3.07. The lowest BCUT2D eigenvalue weighted by Gasteiger charge is -2.14. The van der Waals surface area contributed by atoms with Gasteiger partial charge in [-0.25, -0.2) is 0 Å². The highest BCUT2D eigenvalue weighted by molar-refractivity contribution is 6.00. The first-order valence-corrected chi connectivity index (χ1v) is 7.51. The second kappa shape index (κ2) is 6.16. The Labute approximate surface area is 130 Å². The van der Waals surface area contributed by atoms with Crippen molar-refractivity contribution >= 4 is 11.6 Å². The second-order valence-corrected chi connectivity index (χ2v) is 5.52. The van der Waals surface area contributed by atoms with E-state index in [1.807, 2.05) is 30.3 Å². The first-order chi connectivity index (χ1) is 10.7. The lowest BCUT2D eigenvalue weighted by atomic mass is 9.95. The van der Waals surface area contributed by atoms with E-state index in [1.165, 1.54) is 22.8 Å². The summed E-state index contributed by atoms with van der Waals surface area (Å²) in [6.45, 7) is 3.56. The van der Waals surface area contributed by atoms with Crippen LogP contribution in [0.2, 0.25) is 0 Å². The molecule has 2 aromatic carbocycles. The molecule has 0 atom stereocenters. The van der Waals surface area contributed by atoms with Crippen LogP contribution in [0.3, 0.4) is 0 Å². The molecule has 0 saturated heterocycles. The molecule has 1 aliphatic rings. The number of carbonyl (C=O) groups excluding carboxylic acids is 1. The number of amides is 1. The summed E-state index contributed by atoms with van der Waals surface area (Å²) in [5.74, 6) is -0.172. The molecule has 2 aromatic rings. The molecule has 112 valence electrons. The Balaban J connectivity index is 2.01. The second-order valence-electron chi connectivity index (χ2n) is 5.52. The van der Waals surface area contributed by atoms with E-state index in [9.17, 15) is 4.79 Å². The van der Waals surface area contributed by atoms with E-state index in [4.69, 9.17) is 5.11 Å². The molecule has 0 aliphatic heterocycles. The lowest BCUT2D eigenvalue weighted by Crippen LogP contribution is -2.09. The number of benzene rings is 2. The van der Waals surface area contributed by atoms with Crippen LogP contribution in [0.1, 0.15) is 23.1 Å². The zero-order valence-corrected chi connectivity index (χ0v) is 12.4. The van der Waals surface area contributed by atoms with Gasteiger partial charge in [-0.2, -0.15) is 0 Å². The molecule has 22 heavy (non-hydrogen) atoms. The summed E-state index contributed by atoms with van der Waals surface area (Å²) in [5, 5.41) is 12.0. The van der Waals surface area contributed by atoms with Gasteiger partial charge in [0.1, 0.15) is 0 Å². The monoisotopic (exact) mass is 293 g/mol. The van der Waals surface area contributed by atoms with E-state index in [2.05, 4.69) is 18.0 Å². The van der Waals surface area contributed by atoms with Crippen LogP contribution in [0.5, 0.6) is 0 Å². The van der Waals surface area contributed by atoms with Crippen molar-refractivity contribution in [2.75, 3.05) is 5.32 Å². The molecule has 3 rings (SSSR count). The maximum Gasteiger partial charge on any atom is 0.247 e. The zero-order chi connectivity index (χ0) is 15.5. The van der Waals surface area contributed by atoms with Crippen LogP contribution in [-0.4, -0.2) is 11.0 Å². The number of aliphatic hydroxyl groups excluding tert-OH is 1. The summed E-state index contributed by atoms with van der Waals surface area (Å²) in [7, 11) is 0. The van der Waals surface area contributed by atoms with Crippen molar-refractivity contribution in [2.45, 2.75) is 25.9 Å². The first kappa shape index (κ1) is 14.5. The summed E-state index contributed by atoms with van der Waals surface area (Å²) in [6, 6.07) is 12.0. The molecule has 3 nitrogen and oxygen atoms in total. The van der Waals surface area contributed by atoms with Crippen molar-refractivity contribution in [3.63, 3.8) is 0 Å². The standard InChI is InChI=1S/C19H19NO2/c1-2-19(22)20-18-11-10-15(16-4-3-5-17(16)18)14-8-6-13(12-21)7-9-14/h2,6-11,21H,1,3-5,12H2,(H,20,22). The van der Waals surface area contributed by atoms with Gasteiger partial charge < -0.3 is 10.4 Å². The predicted octanol–water partition coefficient (Wildman–Crippen LogP) is 3.46. The number of carbonyl (C=O) groups is 1. The number of hydrogen-bond donors (Lipinski definition) is 2. The van der Waals surface area contributed by atoms with Crippen molar-refractivity contribution < 1.29 is 9.90 Å². The molecule has 0 heterocycles. The molecule has 0 radical (unpaired) electrons. The highest BCUT2D eigenvalue weighted by atomic mass is 16.3. The van der Waals surface area contributed by atoms with Crippen molar-refractivity contribution in [3.8, 4) is 11.1 Å². The summed E-state index contributed by atoms with van der Waals surface area (Å²) >= 11 is 0. The van der Waals surface area contributed by atoms with Crippen LogP contribution in [0.15, 0.2) is 49.1 Å². The van der Waals surface area contributed by atoms with Gasteiger partial charge in [-0.05, 0) is 59.2 Å². The predicted molar refractivity (Wildman–Crippen MR) is 88.7 cm³/mol. The highest BCUT2D eigenvalue weighted by Gasteiger charge is 2.19. The Hall–Kier alpha value is -2.39. The maximum absolute atomic E-state index is 11.6. The SMILES string of the molecule is C=CC(=O)Nc1ccc(-c2ccc(CO)cc2)c2c1CCC2. The third kappa shape index (κ3) is 2.68. The largest absolute Gasteiger partial charge is 0.392 e. The Morgan fingerprint density at radius 2 is 1.86 bits per heavy atom. The molecule has 0 bridgehead atoms. The van der Waals surface area contributed by atoms with E-state index < -0.39 is 0 Å². The Morgan fingerprint density at radius 3 is 2.55 bits per heavy atom. The molecule has 1 aliphatic carbocycles. The van der Waals surface area contributed by atoms with Gasteiger partial charge in [0.05, 0.1) is 6.61 Å². The van der Waals surface area contributed by atoms with Gasteiger partial charge in [0, 0.05) is 5.69 Å². The maximum atomic E-state index is 11.6. The Morgan fingerprint density at radius 1 is 1.14 bits per heavy atom. The van der Waals surface area contributed by atoms with Gasteiger partial charge in [-0.3, -0.25) is 4.79 Å². The fourth-order valence-electron chi connectivity index (χ4n) is 3.07. The summed E-state index contributed by atoms with van der Waals surface area (Å²) < 4.78 is 0. The van der Waals surface area contributed by atoms with E-state index in [1.54, 1.807) is 0 Å². The van der Waals surface area contributed by atoms with Crippen LogP contribution in [0.4, 0.5) is 5.69 Å². The van der Waals surface area contributed by atoms with Crippen molar-refractivity contribution in [2.24, 2.45) is 0 Å². The van der Waals surface area contributed by atoms with E-state index >= 15 is 0 Å². The molecule has 0 fully saturated rings. The van der Waals surface area contributed by atoms with Gasteiger partial charge in [-0.1, -0.05) is 36.9 Å². The molecule has 0 saturated carbocycles. The van der Waals surface area contributed by atoms with Crippen LogP contribution in [0.25, 0.3) is 11.1 Å². The third-order valence-corrected chi connectivity index (χ3v) is 4.18. The summed E-state index contributed by atoms with van der Waals surface area (Å²) in [6.07, 6.45) is 4.43. The molecule has 0 spiro atoms. The minimum atomic E-state index is -0.172. The summed E-state index contributed by atoms with van der Waals surface area (Å²) in [5.41, 5.74) is 6.73. The van der Waals surface area contributed by atoms with Crippen LogP contribution < -0.4 is 5.32 Å². The van der Waals surface area contributed by atoms with E-state index in [-0.39, 0.29) is 12.5 Å². The number of hydrogen-bond acceptors (Lipinski definition) is 2. The number of fused-ring (bicyclic) bond motifs is 1. The molecule has 0 aromatic heterocycles. The minimum absolute atomic E-state index is 0.0604. The number of nitrogens with one attached hydrogen (secondary N) is 1. The highest BCUT2D eigenvalue weighted by Crippen LogP contribution is 2.37. The quantitative estimate of drug-likeness (QED) is 0.848. The van der Waals surface area contributed by atoms with Crippen molar-refractivity contribution in [1.29, 1.82) is 0 Å². The Bertz CT molecular complexity index is 717. The van der Waals surface area contributed by atoms with Crippen molar-refractivity contribution in [3.05, 3.63) is 65.7 Å². The topological polar surface area (TPSA) is 49.3 Å². The zero-order valence-electron chi connectivity index (χ0n) is 12.4. The first-order valence-electron chi connectivity index (χ1n) is 7.51.